The van der Waals surface area contributed by atoms with Crippen LogP contribution in [0.25, 0.3) is 0 Å². The van der Waals surface area contributed by atoms with Gasteiger partial charge in [-0.3, -0.25) is 0 Å². The fourth-order valence-electron chi connectivity index (χ4n) is 1.46. The van der Waals surface area contributed by atoms with Crippen molar-refractivity contribution in [3.63, 3.8) is 0 Å². The summed E-state index contributed by atoms with van der Waals surface area (Å²) in [5.41, 5.74) is 7.05. The quantitative estimate of drug-likeness (QED) is 0.536. The number of nitrogen functional groups attached to an aromatic ring is 1. The van der Waals surface area contributed by atoms with Crippen LogP contribution in [0.3, 0.4) is 0 Å². The lowest BCUT2D eigenvalue weighted by Gasteiger charge is -2.13. The van der Waals surface area contributed by atoms with E-state index in [2.05, 4.69) is 6.92 Å². The highest BCUT2D eigenvalue weighted by molar-refractivity contribution is 5.47. The predicted octanol–water partition coefficient (Wildman–Crippen LogP) is 1.75. The standard InChI is InChI=1S/C13H21NO3/c1-2-7-16-8-9-17-10-13(15)11-5-3-4-6-12(11)14/h3-6,13,15H,2,7-10,14H2,1H3. The lowest BCUT2D eigenvalue weighted by atomic mass is 10.1. The largest absolute Gasteiger partial charge is 0.398 e. The van der Waals surface area contributed by atoms with Gasteiger partial charge in [-0.15, -0.1) is 0 Å². The highest BCUT2D eigenvalue weighted by Gasteiger charge is 2.10. The van der Waals surface area contributed by atoms with Crippen molar-refractivity contribution in [1.29, 1.82) is 0 Å². The number of anilines is 1. The molecule has 0 saturated carbocycles. The van der Waals surface area contributed by atoms with Crippen LogP contribution >= 0.6 is 0 Å². The number of benzene rings is 1. The lowest BCUT2D eigenvalue weighted by Crippen LogP contribution is -2.12. The molecule has 0 aromatic heterocycles. The molecule has 0 spiro atoms. The summed E-state index contributed by atoms with van der Waals surface area (Å²) >= 11 is 0. The van der Waals surface area contributed by atoms with Gasteiger partial charge in [-0.1, -0.05) is 25.1 Å². The van der Waals surface area contributed by atoms with Gasteiger partial charge >= 0.3 is 0 Å². The molecule has 4 nitrogen and oxygen atoms in total. The number of aliphatic hydroxyl groups excluding tert-OH is 1. The zero-order valence-electron chi connectivity index (χ0n) is 10.3. The third kappa shape index (κ3) is 5.17. The predicted molar refractivity (Wildman–Crippen MR) is 67.7 cm³/mol. The van der Waals surface area contributed by atoms with Crippen LogP contribution in [0.2, 0.25) is 0 Å². The van der Waals surface area contributed by atoms with Gasteiger partial charge in [0.15, 0.2) is 0 Å². The maximum Gasteiger partial charge on any atom is 0.104 e. The molecule has 1 rings (SSSR count). The first-order valence-corrected chi connectivity index (χ1v) is 5.93. The Bertz CT molecular complexity index is 317. The number of para-hydroxylation sites is 1. The van der Waals surface area contributed by atoms with Crippen molar-refractivity contribution in [2.75, 3.05) is 32.2 Å². The maximum absolute atomic E-state index is 9.86. The van der Waals surface area contributed by atoms with Crippen LogP contribution in [0, 0.1) is 0 Å². The second kappa shape index (κ2) is 8.06. The Morgan fingerprint density at radius 1 is 1.18 bits per heavy atom. The lowest BCUT2D eigenvalue weighted by molar-refractivity contribution is 0.00349. The van der Waals surface area contributed by atoms with E-state index in [1.54, 1.807) is 12.1 Å². The fourth-order valence-corrected chi connectivity index (χ4v) is 1.46. The minimum atomic E-state index is -0.678. The van der Waals surface area contributed by atoms with E-state index in [9.17, 15) is 5.11 Å². The third-order valence-corrected chi connectivity index (χ3v) is 2.35. The van der Waals surface area contributed by atoms with Crippen LogP contribution < -0.4 is 5.73 Å². The molecule has 0 aliphatic rings. The van der Waals surface area contributed by atoms with E-state index in [-0.39, 0.29) is 6.61 Å². The fraction of sp³-hybridized carbons (Fsp3) is 0.538. The van der Waals surface area contributed by atoms with Gasteiger partial charge in [0, 0.05) is 17.9 Å². The molecule has 0 saturated heterocycles. The number of aliphatic hydroxyl groups is 1. The summed E-state index contributed by atoms with van der Waals surface area (Å²) in [5.74, 6) is 0. The first-order chi connectivity index (χ1) is 8.25. The number of ether oxygens (including phenoxy) is 2. The normalized spacial score (nSPS) is 12.6. The van der Waals surface area contributed by atoms with E-state index in [0.717, 1.165) is 13.0 Å². The highest BCUT2D eigenvalue weighted by Crippen LogP contribution is 2.19. The van der Waals surface area contributed by atoms with Gasteiger partial charge in [-0.2, -0.15) is 0 Å². The second-order valence-electron chi connectivity index (χ2n) is 3.83. The van der Waals surface area contributed by atoms with Crippen molar-refractivity contribution >= 4 is 5.69 Å². The molecule has 1 unspecified atom stereocenters. The van der Waals surface area contributed by atoms with E-state index in [0.29, 0.717) is 24.5 Å². The Labute approximate surface area is 102 Å². The SMILES string of the molecule is CCCOCCOCC(O)c1ccccc1N. The van der Waals surface area contributed by atoms with Gasteiger partial charge in [-0.05, 0) is 12.5 Å². The Morgan fingerprint density at radius 2 is 1.88 bits per heavy atom. The van der Waals surface area contributed by atoms with Crippen molar-refractivity contribution in [2.24, 2.45) is 0 Å². The molecular formula is C13H21NO3. The number of nitrogens with two attached hydrogens (primary N) is 1. The van der Waals surface area contributed by atoms with Crippen molar-refractivity contribution in [2.45, 2.75) is 19.4 Å². The molecule has 1 aromatic carbocycles. The Morgan fingerprint density at radius 3 is 2.59 bits per heavy atom. The molecule has 1 aromatic rings. The molecule has 96 valence electrons. The average Bonchev–Trinajstić information content (AvgIpc) is 2.34. The molecule has 0 amide bonds. The molecule has 17 heavy (non-hydrogen) atoms. The summed E-state index contributed by atoms with van der Waals surface area (Å²) in [7, 11) is 0. The Kier molecular flexibility index (Phi) is 6.62. The van der Waals surface area contributed by atoms with Crippen molar-refractivity contribution in [3.05, 3.63) is 29.8 Å². The van der Waals surface area contributed by atoms with Crippen molar-refractivity contribution in [3.8, 4) is 0 Å². The van der Waals surface area contributed by atoms with Crippen LogP contribution in [-0.4, -0.2) is 31.5 Å². The summed E-state index contributed by atoms with van der Waals surface area (Å²) in [4.78, 5) is 0. The number of rotatable bonds is 8. The van der Waals surface area contributed by atoms with Crippen LogP contribution in [0.1, 0.15) is 25.0 Å². The molecule has 3 N–H and O–H groups in total. The van der Waals surface area contributed by atoms with Crippen LogP contribution in [0.15, 0.2) is 24.3 Å². The molecule has 0 heterocycles. The summed E-state index contributed by atoms with van der Waals surface area (Å²) in [6.45, 7) is 4.10. The Hall–Kier alpha value is -1.10. The number of hydrogen-bond acceptors (Lipinski definition) is 4. The van der Waals surface area contributed by atoms with Gasteiger partial charge in [0.1, 0.15) is 6.10 Å². The number of hydrogen-bond donors (Lipinski definition) is 2. The van der Waals surface area contributed by atoms with E-state index in [1.165, 1.54) is 0 Å². The van der Waals surface area contributed by atoms with E-state index in [1.807, 2.05) is 12.1 Å². The zero-order valence-corrected chi connectivity index (χ0v) is 10.3. The van der Waals surface area contributed by atoms with Gasteiger partial charge in [0.05, 0.1) is 19.8 Å². The Balaban J connectivity index is 2.21. The molecule has 0 aliphatic heterocycles. The van der Waals surface area contributed by atoms with Crippen LogP contribution in [-0.2, 0) is 9.47 Å². The van der Waals surface area contributed by atoms with Gasteiger partial charge in [0.2, 0.25) is 0 Å². The maximum atomic E-state index is 9.86. The van der Waals surface area contributed by atoms with Crippen LogP contribution in [0.4, 0.5) is 5.69 Å². The highest BCUT2D eigenvalue weighted by atomic mass is 16.5. The van der Waals surface area contributed by atoms with E-state index < -0.39 is 6.10 Å². The molecule has 0 fully saturated rings. The molecule has 0 radical (unpaired) electrons. The molecule has 0 aliphatic carbocycles. The minimum absolute atomic E-state index is 0.240. The van der Waals surface area contributed by atoms with E-state index in [4.69, 9.17) is 15.2 Å². The van der Waals surface area contributed by atoms with Crippen molar-refractivity contribution < 1.29 is 14.6 Å². The summed E-state index contributed by atoms with van der Waals surface area (Å²) in [6.07, 6.45) is 0.325. The van der Waals surface area contributed by atoms with E-state index >= 15 is 0 Å². The summed E-state index contributed by atoms with van der Waals surface area (Å²) < 4.78 is 10.6. The van der Waals surface area contributed by atoms with Crippen LogP contribution in [0.5, 0.6) is 0 Å². The van der Waals surface area contributed by atoms with Gasteiger partial charge < -0.3 is 20.3 Å². The van der Waals surface area contributed by atoms with Gasteiger partial charge in [-0.25, -0.2) is 0 Å². The van der Waals surface area contributed by atoms with Crippen molar-refractivity contribution in [1.82, 2.24) is 0 Å². The topological polar surface area (TPSA) is 64.7 Å². The molecular weight excluding hydrogens is 218 g/mol. The molecule has 1 atom stereocenters. The van der Waals surface area contributed by atoms with Gasteiger partial charge in [0.25, 0.3) is 0 Å². The minimum Gasteiger partial charge on any atom is -0.398 e. The summed E-state index contributed by atoms with van der Waals surface area (Å²) in [5, 5.41) is 9.86. The smallest absolute Gasteiger partial charge is 0.104 e. The third-order valence-electron chi connectivity index (χ3n) is 2.35. The average molecular weight is 239 g/mol. The molecule has 0 bridgehead atoms. The molecule has 4 heteroatoms. The summed E-state index contributed by atoms with van der Waals surface area (Å²) in [6, 6.07) is 7.25. The first kappa shape index (κ1) is 14.0. The first-order valence-electron chi connectivity index (χ1n) is 5.93. The zero-order chi connectivity index (χ0) is 12.5. The monoisotopic (exact) mass is 239 g/mol. The second-order valence-corrected chi connectivity index (χ2v) is 3.83.